The second-order valence-electron chi connectivity index (χ2n) is 4.85. The van der Waals surface area contributed by atoms with Crippen molar-refractivity contribution in [2.45, 2.75) is 12.2 Å². The third-order valence-corrected chi connectivity index (χ3v) is 3.48. The predicted molar refractivity (Wildman–Crippen MR) is 70.6 cm³/mol. The van der Waals surface area contributed by atoms with E-state index in [0.717, 1.165) is 10.9 Å². The number of hydrogen-bond acceptors (Lipinski definition) is 4. The highest BCUT2D eigenvalue weighted by molar-refractivity contribution is 6.07. The molecule has 0 bridgehead atoms. The molecule has 2 atom stereocenters. The molecule has 1 aromatic heterocycles. The lowest BCUT2D eigenvalue weighted by Gasteiger charge is -2.14. The van der Waals surface area contributed by atoms with Crippen LogP contribution in [-0.2, 0) is 0 Å². The smallest absolute Gasteiger partial charge is 0.256 e. The van der Waals surface area contributed by atoms with E-state index >= 15 is 0 Å². The van der Waals surface area contributed by atoms with E-state index in [1.54, 1.807) is 18.3 Å². The number of aliphatic hydroxyl groups excluding tert-OH is 2. The molecule has 2 heterocycles. The number of nitrogens with two attached hydrogens (primary N) is 1. The van der Waals surface area contributed by atoms with Gasteiger partial charge in [-0.05, 0) is 18.2 Å². The summed E-state index contributed by atoms with van der Waals surface area (Å²) in [6.45, 7) is 0.296. The van der Waals surface area contributed by atoms with Crippen molar-refractivity contribution in [2.75, 3.05) is 18.8 Å². The highest BCUT2D eigenvalue weighted by Crippen LogP contribution is 2.23. The van der Waals surface area contributed by atoms with Crippen LogP contribution in [0.25, 0.3) is 10.9 Å². The molecular weight excluding hydrogens is 246 g/mol. The lowest BCUT2D eigenvalue weighted by Crippen LogP contribution is -2.29. The van der Waals surface area contributed by atoms with Crippen LogP contribution in [0.1, 0.15) is 10.4 Å². The molecule has 1 fully saturated rings. The number of likely N-dealkylation sites (tertiary alicyclic amines) is 1. The number of nitrogen functional groups attached to an aromatic ring is 1. The van der Waals surface area contributed by atoms with Gasteiger partial charge in [0.05, 0.1) is 17.8 Å². The third-order valence-electron chi connectivity index (χ3n) is 3.48. The van der Waals surface area contributed by atoms with Crippen LogP contribution in [0.4, 0.5) is 5.69 Å². The lowest BCUT2D eigenvalue weighted by molar-refractivity contribution is 0.0572. The lowest BCUT2D eigenvalue weighted by atomic mass is 10.1. The first-order valence-corrected chi connectivity index (χ1v) is 6.08. The molecule has 0 saturated carbocycles. The Labute approximate surface area is 109 Å². The maximum atomic E-state index is 12.4. The van der Waals surface area contributed by atoms with Crippen molar-refractivity contribution < 1.29 is 15.0 Å². The van der Waals surface area contributed by atoms with Crippen molar-refractivity contribution in [3.63, 3.8) is 0 Å². The SMILES string of the molecule is Nc1ccc2[nH]cc(C(=O)N3C[C@@H](O)[C@@H](O)C3)c2c1. The maximum Gasteiger partial charge on any atom is 0.256 e. The zero-order valence-electron chi connectivity index (χ0n) is 10.2. The van der Waals surface area contributed by atoms with Crippen LogP contribution in [0, 0.1) is 0 Å². The number of aromatic nitrogens is 1. The van der Waals surface area contributed by atoms with Gasteiger partial charge in [0.15, 0.2) is 0 Å². The van der Waals surface area contributed by atoms with Gasteiger partial charge in [-0.2, -0.15) is 0 Å². The van der Waals surface area contributed by atoms with Crippen molar-refractivity contribution >= 4 is 22.5 Å². The van der Waals surface area contributed by atoms with Crippen molar-refractivity contribution in [2.24, 2.45) is 0 Å². The van der Waals surface area contributed by atoms with E-state index in [-0.39, 0.29) is 19.0 Å². The van der Waals surface area contributed by atoms with Gasteiger partial charge in [-0.15, -0.1) is 0 Å². The monoisotopic (exact) mass is 261 g/mol. The summed E-state index contributed by atoms with van der Waals surface area (Å²) in [5.41, 5.74) is 7.65. The number of nitrogens with one attached hydrogen (secondary N) is 1. The molecule has 19 heavy (non-hydrogen) atoms. The Morgan fingerprint density at radius 1 is 1.32 bits per heavy atom. The Balaban J connectivity index is 1.96. The van der Waals surface area contributed by atoms with Crippen LogP contribution >= 0.6 is 0 Å². The molecule has 0 aliphatic carbocycles. The molecule has 6 nitrogen and oxygen atoms in total. The van der Waals surface area contributed by atoms with Gasteiger partial charge in [-0.3, -0.25) is 4.79 Å². The molecule has 6 heteroatoms. The molecule has 1 aliphatic heterocycles. The summed E-state index contributed by atoms with van der Waals surface area (Å²) in [5, 5.41) is 19.8. The first-order chi connectivity index (χ1) is 9.06. The van der Waals surface area contributed by atoms with E-state index in [1.807, 2.05) is 6.07 Å². The number of rotatable bonds is 1. The average Bonchev–Trinajstić information content (AvgIpc) is 2.93. The van der Waals surface area contributed by atoms with Crippen molar-refractivity contribution in [1.29, 1.82) is 0 Å². The number of aromatic amines is 1. The topological polar surface area (TPSA) is 103 Å². The Hall–Kier alpha value is -2.05. The minimum absolute atomic E-state index is 0.148. The molecular formula is C13H15N3O3. The van der Waals surface area contributed by atoms with E-state index in [1.165, 1.54) is 4.90 Å². The fourth-order valence-corrected chi connectivity index (χ4v) is 2.42. The summed E-state index contributed by atoms with van der Waals surface area (Å²) in [6, 6.07) is 5.31. The Bertz CT molecular complexity index is 627. The van der Waals surface area contributed by atoms with Gasteiger partial charge in [0, 0.05) is 35.9 Å². The molecule has 100 valence electrons. The van der Waals surface area contributed by atoms with Crippen LogP contribution in [0.2, 0.25) is 0 Å². The van der Waals surface area contributed by atoms with Gasteiger partial charge < -0.3 is 25.8 Å². The number of carbonyl (C=O) groups is 1. The quantitative estimate of drug-likeness (QED) is 0.539. The van der Waals surface area contributed by atoms with Crippen LogP contribution in [0.5, 0.6) is 0 Å². The summed E-state index contributed by atoms with van der Waals surface area (Å²) >= 11 is 0. The van der Waals surface area contributed by atoms with Crippen molar-refractivity contribution in [3.8, 4) is 0 Å². The maximum absolute atomic E-state index is 12.4. The summed E-state index contributed by atoms with van der Waals surface area (Å²) in [6.07, 6.45) is -0.123. The van der Waals surface area contributed by atoms with E-state index in [0.29, 0.717) is 11.3 Å². The fraction of sp³-hybridized carbons (Fsp3) is 0.308. The fourth-order valence-electron chi connectivity index (χ4n) is 2.42. The second kappa shape index (κ2) is 4.25. The van der Waals surface area contributed by atoms with Crippen LogP contribution in [0.3, 0.4) is 0 Å². The molecule has 3 rings (SSSR count). The molecule has 5 N–H and O–H groups in total. The number of β-amino-alcohol motifs (C(OH)–C–C–N with tert-alkyl or cyclic N) is 2. The van der Waals surface area contributed by atoms with Gasteiger partial charge in [-0.25, -0.2) is 0 Å². The summed E-state index contributed by atoms with van der Waals surface area (Å²) < 4.78 is 0. The minimum Gasteiger partial charge on any atom is -0.399 e. The number of fused-ring (bicyclic) bond motifs is 1. The summed E-state index contributed by atoms with van der Waals surface area (Å²) in [5.74, 6) is -0.215. The van der Waals surface area contributed by atoms with Crippen LogP contribution < -0.4 is 5.73 Å². The first-order valence-electron chi connectivity index (χ1n) is 6.08. The molecule has 2 aromatic rings. The second-order valence-corrected chi connectivity index (χ2v) is 4.85. The molecule has 1 aliphatic rings. The average molecular weight is 261 g/mol. The zero-order chi connectivity index (χ0) is 13.6. The number of hydrogen-bond donors (Lipinski definition) is 4. The molecule has 0 radical (unpaired) electrons. The van der Waals surface area contributed by atoms with E-state index < -0.39 is 12.2 Å². The van der Waals surface area contributed by atoms with E-state index in [4.69, 9.17) is 5.73 Å². The predicted octanol–water partition coefficient (Wildman–Crippen LogP) is -0.0723. The Morgan fingerprint density at radius 3 is 2.68 bits per heavy atom. The first kappa shape index (κ1) is 12.0. The normalized spacial score (nSPS) is 23.2. The molecule has 1 amide bonds. The highest BCUT2D eigenvalue weighted by Gasteiger charge is 2.33. The number of benzene rings is 1. The van der Waals surface area contributed by atoms with E-state index in [2.05, 4.69) is 4.98 Å². The van der Waals surface area contributed by atoms with Crippen LogP contribution in [-0.4, -0.2) is 51.3 Å². The van der Waals surface area contributed by atoms with Gasteiger partial charge in [0.1, 0.15) is 0 Å². The van der Waals surface area contributed by atoms with Gasteiger partial charge >= 0.3 is 0 Å². The molecule has 1 saturated heterocycles. The zero-order valence-corrected chi connectivity index (χ0v) is 10.2. The molecule has 0 unspecified atom stereocenters. The van der Waals surface area contributed by atoms with E-state index in [9.17, 15) is 15.0 Å². The van der Waals surface area contributed by atoms with Crippen LogP contribution in [0.15, 0.2) is 24.4 Å². The third kappa shape index (κ3) is 1.94. The van der Waals surface area contributed by atoms with Gasteiger partial charge in [0.2, 0.25) is 0 Å². The van der Waals surface area contributed by atoms with Crippen molar-refractivity contribution in [1.82, 2.24) is 9.88 Å². The Morgan fingerprint density at radius 2 is 2.00 bits per heavy atom. The van der Waals surface area contributed by atoms with Gasteiger partial charge in [0.25, 0.3) is 5.91 Å². The standard InChI is InChI=1S/C13H15N3O3/c14-7-1-2-10-8(3-7)9(4-15-10)13(19)16-5-11(17)12(18)6-16/h1-4,11-12,15,17-18H,5-6,14H2/t11-,12+. The van der Waals surface area contributed by atoms with Gasteiger partial charge in [-0.1, -0.05) is 0 Å². The number of nitrogens with zero attached hydrogens (tertiary/aromatic N) is 1. The highest BCUT2D eigenvalue weighted by atomic mass is 16.3. The summed E-state index contributed by atoms with van der Waals surface area (Å²) in [4.78, 5) is 16.8. The summed E-state index contributed by atoms with van der Waals surface area (Å²) in [7, 11) is 0. The number of carbonyl (C=O) groups excluding carboxylic acids is 1. The van der Waals surface area contributed by atoms with Crippen molar-refractivity contribution in [3.05, 3.63) is 30.0 Å². The molecule has 0 spiro atoms. The molecule has 1 aromatic carbocycles. The Kier molecular flexibility index (Phi) is 2.69. The largest absolute Gasteiger partial charge is 0.399 e. The minimum atomic E-state index is -0.876. The number of amides is 1. The number of H-pyrrole nitrogens is 1. The number of aliphatic hydroxyl groups is 2. The number of anilines is 1.